The number of ether oxygens (including phenoxy) is 1. The van der Waals surface area contributed by atoms with Gasteiger partial charge in [0.25, 0.3) is 5.91 Å². The average molecular weight is 565 g/mol. The second kappa shape index (κ2) is 13.2. The van der Waals surface area contributed by atoms with Crippen LogP contribution < -0.4 is 20.7 Å². The van der Waals surface area contributed by atoms with E-state index in [2.05, 4.69) is 22.0 Å². The molecule has 224 valence electrons. The van der Waals surface area contributed by atoms with Gasteiger partial charge in [-0.2, -0.15) is 0 Å². The van der Waals surface area contributed by atoms with Crippen LogP contribution in [0.15, 0.2) is 36.4 Å². The Morgan fingerprint density at radius 1 is 1.15 bits per heavy atom. The van der Waals surface area contributed by atoms with Gasteiger partial charge in [0.05, 0.1) is 7.11 Å². The Balaban J connectivity index is 1.66. The summed E-state index contributed by atoms with van der Waals surface area (Å²) >= 11 is 0. The molecule has 2 aromatic rings. The number of carbonyl (C=O) groups is 1. The molecule has 1 aliphatic heterocycles. The number of methoxy groups -OCH3 is 1. The number of nitrogens with zero attached hydrogens (tertiary/aromatic N) is 3. The number of amidine groups is 1. The van der Waals surface area contributed by atoms with Crippen molar-refractivity contribution >= 4 is 17.4 Å². The minimum absolute atomic E-state index is 0.0481. The summed E-state index contributed by atoms with van der Waals surface area (Å²) in [4.78, 5) is 19.9. The minimum atomic E-state index is -1.41. The normalized spacial score (nSPS) is 18.3. The zero-order chi connectivity index (χ0) is 29.7. The highest BCUT2D eigenvalue weighted by molar-refractivity contribution is 6.42. The number of hydrogen-bond acceptors (Lipinski definition) is 7. The third-order valence-corrected chi connectivity index (χ3v) is 8.62. The number of anilines is 1. The van der Waals surface area contributed by atoms with Crippen molar-refractivity contribution in [3.05, 3.63) is 53.1 Å². The number of aromatic hydroxyl groups is 1. The number of piperazine rings is 1. The molecule has 1 aliphatic carbocycles. The van der Waals surface area contributed by atoms with Gasteiger partial charge < -0.3 is 25.8 Å². The molecule has 0 bridgehead atoms. The lowest BCUT2D eigenvalue weighted by Crippen LogP contribution is -2.58. The predicted molar refractivity (Wildman–Crippen MR) is 165 cm³/mol. The molecule has 1 atom stereocenters. The van der Waals surface area contributed by atoms with E-state index in [0.29, 0.717) is 17.0 Å². The van der Waals surface area contributed by atoms with Crippen LogP contribution in [0, 0.1) is 5.41 Å². The number of nitrogens with two attached hydrogens (primary N) is 1. The van der Waals surface area contributed by atoms with E-state index < -0.39 is 11.6 Å². The lowest BCUT2D eigenvalue weighted by Gasteiger charge is -2.40. The summed E-state index contributed by atoms with van der Waals surface area (Å²) in [6.45, 7) is 14.2. The fourth-order valence-corrected chi connectivity index (χ4v) is 6.07. The van der Waals surface area contributed by atoms with E-state index in [-0.39, 0.29) is 23.5 Å². The standard InChI is InChI=1S/C32H48N6O3/c1-6-36-15-17-37(18-16-36)21-23-11-13-25(14-12-23)38(30(33)31(40)35-24-9-7-8-10-24)32(4,34)27-19-26(22(2)3)29(41-5)20-28(27)39/h11-14,19-20,22,24,33,39H,6-10,15-18,21,34H2,1-5H3,(H,35,40). The fraction of sp³-hybridized carbons (Fsp3) is 0.562. The van der Waals surface area contributed by atoms with Crippen molar-refractivity contribution in [3.63, 3.8) is 0 Å². The van der Waals surface area contributed by atoms with Gasteiger partial charge in [0.1, 0.15) is 17.2 Å². The van der Waals surface area contributed by atoms with Crippen LogP contribution in [0.3, 0.4) is 0 Å². The van der Waals surface area contributed by atoms with Crippen LogP contribution in [0.1, 0.15) is 76.0 Å². The molecule has 2 aliphatic rings. The van der Waals surface area contributed by atoms with Gasteiger partial charge in [-0.1, -0.05) is 45.7 Å². The number of carbonyl (C=O) groups excluding carboxylic acids is 1. The summed E-state index contributed by atoms with van der Waals surface area (Å²) < 4.78 is 5.52. The molecule has 2 fully saturated rings. The molecule has 0 radical (unpaired) electrons. The monoisotopic (exact) mass is 564 g/mol. The van der Waals surface area contributed by atoms with Gasteiger partial charge in [-0.25, -0.2) is 0 Å². The maximum absolute atomic E-state index is 13.4. The molecule has 1 amide bonds. The number of benzene rings is 2. The Bertz CT molecular complexity index is 1200. The van der Waals surface area contributed by atoms with Crippen molar-refractivity contribution in [2.45, 2.75) is 77.5 Å². The first-order chi connectivity index (χ1) is 19.5. The third kappa shape index (κ3) is 7.02. The van der Waals surface area contributed by atoms with Gasteiger partial charge in [-0.15, -0.1) is 0 Å². The van der Waals surface area contributed by atoms with Crippen molar-refractivity contribution in [3.8, 4) is 11.5 Å². The van der Waals surface area contributed by atoms with Crippen LogP contribution in [0.4, 0.5) is 5.69 Å². The minimum Gasteiger partial charge on any atom is -0.507 e. The predicted octanol–water partition coefficient (Wildman–Crippen LogP) is 4.34. The molecule has 1 heterocycles. The maximum atomic E-state index is 13.4. The molecule has 1 saturated heterocycles. The summed E-state index contributed by atoms with van der Waals surface area (Å²) in [6, 6.07) is 11.4. The number of amides is 1. The van der Waals surface area contributed by atoms with E-state index in [0.717, 1.165) is 76.1 Å². The SMILES string of the molecule is CCN1CCN(Cc2ccc(N(C(=N)C(=O)NC3CCCC3)C(C)(N)c3cc(C(C)C)c(OC)cc3O)cc2)CC1. The molecular weight excluding hydrogens is 516 g/mol. The Labute approximate surface area is 245 Å². The second-order valence-corrected chi connectivity index (χ2v) is 11.9. The van der Waals surface area contributed by atoms with Crippen LogP contribution in [-0.2, 0) is 17.0 Å². The highest BCUT2D eigenvalue weighted by Gasteiger charge is 2.39. The highest BCUT2D eigenvalue weighted by atomic mass is 16.5. The van der Waals surface area contributed by atoms with Crippen LogP contribution in [0.5, 0.6) is 11.5 Å². The first-order valence-corrected chi connectivity index (χ1v) is 15.0. The average Bonchev–Trinajstić information content (AvgIpc) is 3.46. The van der Waals surface area contributed by atoms with Crippen molar-refractivity contribution < 1.29 is 14.6 Å². The Morgan fingerprint density at radius 3 is 2.32 bits per heavy atom. The molecular formula is C32H48N6O3. The van der Waals surface area contributed by atoms with Gasteiger partial charge in [-0.05, 0) is 61.6 Å². The summed E-state index contributed by atoms with van der Waals surface area (Å²) in [5.74, 6) is -0.0952. The quantitative estimate of drug-likeness (QED) is 0.203. The van der Waals surface area contributed by atoms with Crippen LogP contribution >= 0.6 is 0 Å². The molecule has 0 aromatic heterocycles. The van der Waals surface area contributed by atoms with E-state index in [1.54, 1.807) is 20.1 Å². The zero-order valence-electron chi connectivity index (χ0n) is 25.4. The zero-order valence-corrected chi connectivity index (χ0v) is 25.4. The number of phenolic OH excluding ortho intramolecular Hbond substituents is 1. The molecule has 5 N–H and O–H groups in total. The molecule has 9 nitrogen and oxygen atoms in total. The number of rotatable bonds is 9. The van der Waals surface area contributed by atoms with Crippen molar-refractivity contribution in [1.82, 2.24) is 15.1 Å². The maximum Gasteiger partial charge on any atom is 0.286 e. The van der Waals surface area contributed by atoms with E-state index >= 15 is 0 Å². The van der Waals surface area contributed by atoms with Gasteiger partial charge in [-0.3, -0.25) is 20.0 Å². The summed E-state index contributed by atoms with van der Waals surface area (Å²) in [7, 11) is 1.57. The number of nitrogens with one attached hydrogen (secondary N) is 2. The molecule has 0 spiro atoms. The summed E-state index contributed by atoms with van der Waals surface area (Å²) in [5.41, 5.74) is 8.69. The molecule has 1 saturated carbocycles. The van der Waals surface area contributed by atoms with Crippen LogP contribution in [0.25, 0.3) is 0 Å². The topological polar surface area (TPSA) is 118 Å². The van der Waals surface area contributed by atoms with Gasteiger partial charge in [0.15, 0.2) is 5.84 Å². The van der Waals surface area contributed by atoms with E-state index in [9.17, 15) is 9.90 Å². The summed E-state index contributed by atoms with van der Waals surface area (Å²) in [5, 5.41) is 23.2. The van der Waals surface area contributed by atoms with Crippen LogP contribution in [-0.4, -0.2) is 72.5 Å². The number of likely N-dealkylation sites (N-methyl/N-ethyl adjacent to an activating group) is 1. The Morgan fingerprint density at radius 2 is 1.76 bits per heavy atom. The Hall–Kier alpha value is -3.14. The van der Waals surface area contributed by atoms with Crippen molar-refractivity contribution in [2.24, 2.45) is 5.73 Å². The number of hydrogen-bond donors (Lipinski definition) is 4. The van der Waals surface area contributed by atoms with Crippen molar-refractivity contribution in [1.29, 1.82) is 5.41 Å². The largest absolute Gasteiger partial charge is 0.507 e. The second-order valence-electron chi connectivity index (χ2n) is 11.9. The fourth-order valence-electron chi connectivity index (χ4n) is 6.07. The Kier molecular flexibility index (Phi) is 9.94. The molecule has 9 heteroatoms. The summed E-state index contributed by atoms with van der Waals surface area (Å²) in [6.07, 6.45) is 3.97. The lowest BCUT2D eigenvalue weighted by molar-refractivity contribution is -0.115. The third-order valence-electron chi connectivity index (χ3n) is 8.62. The van der Waals surface area contributed by atoms with Gasteiger partial charge in [0.2, 0.25) is 0 Å². The molecule has 41 heavy (non-hydrogen) atoms. The van der Waals surface area contributed by atoms with E-state index in [4.69, 9.17) is 15.9 Å². The number of phenols is 1. The molecule has 4 rings (SSSR count). The first kappa shape index (κ1) is 30.8. The molecule has 1 unspecified atom stereocenters. The highest BCUT2D eigenvalue weighted by Crippen LogP contribution is 2.40. The van der Waals surface area contributed by atoms with Gasteiger partial charge in [0, 0.05) is 56.1 Å². The van der Waals surface area contributed by atoms with Crippen LogP contribution in [0.2, 0.25) is 0 Å². The van der Waals surface area contributed by atoms with E-state index in [1.165, 1.54) is 4.90 Å². The van der Waals surface area contributed by atoms with E-state index in [1.807, 2.05) is 44.2 Å². The van der Waals surface area contributed by atoms with Gasteiger partial charge >= 0.3 is 0 Å². The lowest BCUT2D eigenvalue weighted by atomic mass is 9.91. The van der Waals surface area contributed by atoms with Crippen molar-refractivity contribution in [2.75, 3.05) is 44.7 Å². The first-order valence-electron chi connectivity index (χ1n) is 15.0. The smallest absolute Gasteiger partial charge is 0.286 e. The molecule has 2 aromatic carbocycles.